The SMILES string of the molecule is COc1ccc2[nH]c(-c3ccccc3)c(/C=c3/sc4nc5ccccc5n4c3=O)c2c1. The fraction of sp³-hybridized carbons (Fsp3) is 0.0400. The number of para-hydroxylation sites is 2. The number of hydrogen-bond donors (Lipinski definition) is 1. The van der Waals surface area contributed by atoms with Gasteiger partial charge in [-0.05, 0) is 42.0 Å². The normalized spacial score (nSPS) is 12.4. The highest BCUT2D eigenvalue weighted by molar-refractivity contribution is 7.15. The summed E-state index contributed by atoms with van der Waals surface area (Å²) in [6, 6.07) is 23.8. The van der Waals surface area contributed by atoms with Gasteiger partial charge in [-0.15, -0.1) is 0 Å². The molecule has 0 aliphatic heterocycles. The Labute approximate surface area is 180 Å². The van der Waals surface area contributed by atoms with Crippen molar-refractivity contribution in [3.8, 4) is 17.0 Å². The zero-order valence-electron chi connectivity index (χ0n) is 16.6. The van der Waals surface area contributed by atoms with Crippen molar-refractivity contribution in [2.24, 2.45) is 0 Å². The van der Waals surface area contributed by atoms with Crippen LogP contribution in [0.3, 0.4) is 0 Å². The predicted octanol–water partition coefficient (Wildman–Crippen LogP) is 4.61. The van der Waals surface area contributed by atoms with Crippen LogP contribution in [0.15, 0.2) is 77.6 Å². The summed E-state index contributed by atoms with van der Waals surface area (Å²) in [5, 5.41) is 1.01. The van der Waals surface area contributed by atoms with Crippen molar-refractivity contribution < 1.29 is 4.74 Å². The second kappa shape index (κ2) is 6.82. The molecule has 5 nitrogen and oxygen atoms in total. The van der Waals surface area contributed by atoms with E-state index in [4.69, 9.17) is 4.74 Å². The van der Waals surface area contributed by atoms with E-state index in [1.165, 1.54) is 11.3 Å². The number of aromatic amines is 1. The van der Waals surface area contributed by atoms with Gasteiger partial charge in [0.2, 0.25) is 0 Å². The molecule has 0 unspecified atom stereocenters. The molecular formula is C25H17N3O2S. The molecule has 0 radical (unpaired) electrons. The topological polar surface area (TPSA) is 59.4 Å². The number of nitrogens with zero attached hydrogens (tertiary/aromatic N) is 2. The molecule has 6 heteroatoms. The van der Waals surface area contributed by atoms with Crippen LogP contribution in [0.4, 0.5) is 0 Å². The fourth-order valence-electron chi connectivity index (χ4n) is 4.04. The quantitative estimate of drug-likeness (QED) is 0.452. The molecule has 0 spiro atoms. The minimum atomic E-state index is -0.0510. The first-order valence-corrected chi connectivity index (χ1v) is 10.7. The van der Waals surface area contributed by atoms with E-state index in [0.717, 1.165) is 44.5 Å². The summed E-state index contributed by atoms with van der Waals surface area (Å²) in [5.74, 6) is 0.773. The molecule has 0 atom stereocenters. The molecule has 6 aromatic rings. The van der Waals surface area contributed by atoms with Crippen molar-refractivity contribution in [1.29, 1.82) is 0 Å². The summed E-state index contributed by atoms with van der Waals surface area (Å²) in [7, 11) is 1.66. The number of thiazole rings is 1. The number of imidazole rings is 1. The minimum Gasteiger partial charge on any atom is -0.497 e. The van der Waals surface area contributed by atoms with Gasteiger partial charge in [0.15, 0.2) is 4.96 Å². The van der Waals surface area contributed by atoms with Crippen LogP contribution >= 0.6 is 11.3 Å². The maximum atomic E-state index is 13.3. The molecular weight excluding hydrogens is 406 g/mol. The largest absolute Gasteiger partial charge is 0.497 e. The Morgan fingerprint density at radius 1 is 1.03 bits per heavy atom. The molecule has 0 aliphatic rings. The zero-order valence-corrected chi connectivity index (χ0v) is 17.4. The molecule has 1 N–H and O–H groups in total. The number of hydrogen-bond acceptors (Lipinski definition) is 4. The van der Waals surface area contributed by atoms with Crippen molar-refractivity contribution >= 4 is 44.3 Å². The fourth-order valence-corrected chi connectivity index (χ4v) is 5.01. The molecule has 0 amide bonds. The Kier molecular flexibility index (Phi) is 3.94. The van der Waals surface area contributed by atoms with E-state index in [1.54, 1.807) is 11.5 Å². The second-order valence-electron chi connectivity index (χ2n) is 7.33. The Hall–Kier alpha value is -3.90. The van der Waals surface area contributed by atoms with Crippen LogP contribution in [0.5, 0.6) is 5.75 Å². The summed E-state index contributed by atoms with van der Waals surface area (Å²) in [6.45, 7) is 0. The van der Waals surface area contributed by atoms with Gasteiger partial charge in [0, 0.05) is 16.5 Å². The van der Waals surface area contributed by atoms with Crippen molar-refractivity contribution in [2.75, 3.05) is 7.11 Å². The number of ether oxygens (including phenoxy) is 1. The van der Waals surface area contributed by atoms with Crippen molar-refractivity contribution in [3.05, 3.63) is 93.2 Å². The summed E-state index contributed by atoms with van der Waals surface area (Å²) >= 11 is 1.41. The average molecular weight is 423 g/mol. The average Bonchev–Trinajstić information content (AvgIpc) is 3.45. The molecule has 0 saturated carbocycles. The third-order valence-electron chi connectivity index (χ3n) is 5.53. The maximum Gasteiger partial charge on any atom is 0.274 e. The molecule has 31 heavy (non-hydrogen) atoms. The van der Waals surface area contributed by atoms with Crippen LogP contribution < -0.4 is 14.8 Å². The van der Waals surface area contributed by atoms with Gasteiger partial charge >= 0.3 is 0 Å². The molecule has 0 saturated heterocycles. The Balaban J connectivity index is 1.68. The number of benzene rings is 3. The highest BCUT2D eigenvalue weighted by Crippen LogP contribution is 2.33. The highest BCUT2D eigenvalue weighted by Gasteiger charge is 2.15. The predicted molar refractivity (Wildman–Crippen MR) is 126 cm³/mol. The van der Waals surface area contributed by atoms with Gasteiger partial charge in [-0.25, -0.2) is 9.38 Å². The first-order chi connectivity index (χ1) is 15.2. The molecule has 0 bridgehead atoms. The third kappa shape index (κ3) is 2.76. The van der Waals surface area contributed by atoms with E-state index in [-0.39, 0.29) is 5.56 Å². The Morgan fingerprint density at radius 3 is 2.68 bits per heavy atom. The van der Waals surface area contributed by atoms with Crippen LogP contribution in [-0.4, -0.2) is 21.5 Å². The van der Waals surface area contributed by atoms with Crippen LogP contribution in [0.1, 0.15) is 5.56 Å². The van der Waals surface area contributed by atoms with Gasteiger partial charge in [-0.1, -0.05) is 53.8 Å². The van der Waals surface area contributed by atoms with Crippen LogP contribution in [0, 0.1) is 0 Å². The van der Waals surface area contributed by atoms with Gasteiger partial charge in [-0.2, -0.15) is 0 Å². The molecule has 6 rings (SSSR count). The van der Waals surface area contributed by atoms with Gasteiger partial charge < -0.3 is 9.72 Å². The molecule has 0 aliphatic carbocycles. The maximum absolute atomic E-state index is 13.3. The van der Waals surface area contributed by atoms with Crippen LogP contribution in [0.2, 0.25) is 0 Å². The highest BCUT2D eigenvalue weighted by atomic mass is 32.1. The number of methoxy groups -OCH3 is 1. The lowest BCUT2D eigenvalue weighted by Crippen LogP contribution is -2.22. The molecule has 0 fully saturated rings. The van der Waals surface area contributed by atoms with E-state index in [1.807, 2.05) is 66.7 Å². The number of nitrogens with one attached hydrogen (secondary N) is 1. The first kappa shape index (κ1) is 17.9. The minimum absolute atomic E-state index is 0.0510. The van der Waals surface area contributed by atoms with E-state index in [0.29, 0.717) is 9.49 Å². The standard InChI is InChI=1S/C25H17N3O2S/c1-30-16-11-12-19-17(13-16)18(23(26-19)15-7-3-2-4-8-15)14-22-24(29)28-21-10-6-5-9-20(21)27-25(28)31-22/h2-14,26H,1H3/b22-14+. The molecule has 3 aromatic heterocycles. The lowest BCUT2D eigenvalue weighted by Gasteiger charge is -2.01. The lowest BCUT2D eigenvalue weighted by molar-refractivity contribution is 0.415. The van der Waals surface area contributed by atoms with E-state index >= 15 is 0 Å². The van der Waals surface area contributed by atoms with E-state index in [9.17, 15) is 4.79 Å². The monoisotopic (exact) mass is 423 g/mol. The van der Waals surface area contributed by atoms with Crippen molar-refractivity contribution in [3.63, 3.8) is 0 Å². The lowest BCUT2D eigenvalue weighted by atomic mass is 10.0. The first-order valence-electron chi connectivity index (χ1n) is 9.90. The van der Waals surface area contributed by atoms with E-state index < -0.39 is 0 Å². The number of fused-ring (bicyclic) bond motifs is 4. The van der Waals surface area contributed by atoms with Crippen LogP contribution in [-0.2, 0) is 0 Å². The van der Waals surface area contributed by atoms with Gasteiger partial charge in [0.1, 0.15) is 5.75 Å². The molecule has 150 valence electrons. The summed E-state index contributed by atoms with van der Waals surface area (Å²) < 4.78 is 7.79. The summed E-state index contributed by atoms with van der Waals surface area (Å²) in [6.07, 6.45) is 1.97. The number of rotatable bonds is 3. The Bertz CT molecular complexity index is 1690. The van der Waals surface area contributed by atoms with E-state index in [2.05, 4.69) is 22.1 Å². The van der Waals surface area contributed by atoms with Crippen LogP contribution in [0.25, 0.3) is 44.2 Å². The third-order valence-corrected chi connectivity index (χ3v) is 6.50. The smallest absolute Gasteiger partial charge is 0.274 e. The summed E-state index contributed by atoms with van der Waals surface area (Å²) in [4.78, 5) is 22.2. The molecule has 3 heterocycles. The number of aromatic nitrogens is 3. The zero-order chi connectivity index (χ0) is 20.9. The van der Waals surface area contributed by atoms with Gasteiger partial charge in [0.25, 0.3) is 5.56 Å². The second-order valence-corrected chi connectivity index (χ2v) is 8.33. The van der Waals surface area contributed by atoms with Crippen molar-refractivity contribution in [1.82, 2.24) is 14.4 Å². The molecule has 3 aromatic carbocycles. The number of H-pyrrole nitrogens is 1. The van der Waals surface area contributed by atoms with Gasteiger partial charge in [0.05, 0.1) is 28.4 Å². The summed E-state index contributed by atoms with van der Waals surface area (Å²) in [5.41, 5.74) is 5.60. The van der Waals surface area contributed by atoms with Crippen molar-refractivity contribution in [2.45, 2.75) is 0 Å². The Morgan fingerprint density at radius 2 is 1.84 bits per heavy atom. The van der Waals surface area contributed by atoms with Gasteiger partial charge in [-0.3, -0.25) is 4.79 Å².